The normalized spacial score (nSPS) is 11.8. The molecule has 0 fully saturated rings. The third kappa shape index (κ3) is 4.81. The van der Waals surface area contributed by atoms with E-state index in [-0.39, 0.29) is 23.0 Å². The van der Waals surface area contributed by atoms with Crippen LogP contribution in [0.15, 0.2) is 91.0 Å². The summed E-state index contributed by atoms with van der Waals surface area (Å²) in [5.41, 5.74) is -0.644. The second kappa shape index (κ2) is 9.26. The Morgan fingerprint density at radius 2 is 1.14 bits per heavy atom. The highest BCUT2D eigenvalue weighted by molar-refractivity contribution is 5.53. The van der Waals surface area contributed by atoms with E-state index in [1.54, 1.807) is 72.8 Å². The fourth-order valence-corrected chi connectivity index (χ4v) is 4.05. The van der Waals surface area contributed by atoms with Crippen molar-refractivity contribution < 1.29 is 33.0 Å². The fourth-order valence-electron chi connectivity index (χ4n) is 4.05. The summed E-state index contributed by atoms with van der Waals surface area (Å²) in [7, 11) is 0. The summed E-state index contributed by atoms with van der Waals surface area (Å²) >= 11 is 0. The minimum Gasteiger partial charge on any atom is -0.508 e. The first-order valence-corrected chi connectivity index (χ1v) is 10.7. The lowest BCUT2D eigenvalue weighted by molar-refractivity contribution is -0.388. The molecule has 0 radical (unpaired) electrons. The zero-order valence-corrected chi connectivity index (χ0v) is 18.9. The Kier molecular flexibility index (Phi) is 6.32. The Labute approximate surface area is 204 Å². The molecule has 0 aliphatic rings. The summed E-state index contributed by atoms with van der Waals surface area (Å²) in [5.74, 6) is 0.258. The number of alkyl halides is 3. The van der Waals surface area contributed by atoms with Crippen LogP contribution in [0.4, 0.5) is 18.9 Å². The Morgan fingerprint density at radius 1 is 0.722 bits per heavy atom. The molecule has 184 valence electrons. The third-order valence-corrected chi connectivity index (χ3v) is 6.03. The van der Waals surface area contributed by atoms with E-state index in [2.05, 4.69) is 0 Å². The van der Waals surface area contributed by atoms with Crippen LogP contribution in [0.3, 0.4) is 0 Å². The molecule has 0 amide bonds. The number of aromatic hydroxyl groups is 2. The summed E-state index contributed by atoms with van der Waals surface area (Å²) in [6, 6.07) is 22.5. The van der Waals surface area contributed by atoms with Crippen LogP contribution in [0.1, 0.15) is 29.2 Å². The van der Waals surface area contributed by atoms with Crippen LogP contribution < -0.4 is 4.74 Å². The van der Waals surface area contributed by atoms with Gasteiger partial charge in [-0.1, -0.05) is 36.4 Å². The van der Waals surface area contributed by atoms with Crippen LogP contribution in [0, 0.1) is 10.1 Å². The first-order chi connectivity index (χ1) is 17.0. The quantitative estimate of drug-likeness (QED) is 0.168. The zero-order chi connectivity index (χ0) is 26.1. The molecule has 4 rings (SSSR count). The Hall–Kier alpha value is -4.53. The van der Waals surface area contributed by atoms with Gasteiger partial charge in [-0.15, -0.1) is 0 Å². The predicted molar refractivity (Wildman–Crippen MR) is 126 cm³/mol. The van der Waals surface area contributed by atoms with E-state index in [0.717, 1.165) is 28.8 Å². The average molecular weight is 495 g/mol. The number of hydrogen-bond acceptors (Lipinski definition) is 5. The Balaban J connectivity index is 1.70. The van der Waals surface area contributed by atoms with Crippen molar-refractivity contribution in [3.05, 3.63) is 123 Å². The number of phenols is 2. The molecule has 9 heteroatoms. The summed E-state index contributed by atoms with van der Waals surface area (Å²) in [4.78, 5) is 9.89. The molecule has 0 saturated heterocycles. The number of nitro benzene ring substituents is 1. The van der Waals surface area contributed by atoms with Gasteiger partial charge in [0.2, 0.25) is 0 Å². The SMILES string of the molecule is CC(c1ccc(O)cc1)(c1ccc(O)cc1)c1ccc(Oc2ccc([N+](=O)[O-])c(C(F)(F)F)c2)cc1. The molecule has 0 spiro atoms. The topological polar surface area (TPSA) is 92.8 Å². The van der Waals surface area contributed by atoms with Crippen LogP contribution >= 0.6 is 0 Å². The minimum atomic E-state index is -4.91. The van der Waals surface area contributed by atoms with Crippen molar-refractivity contribution in [1.82, 2.24) is 0 Å². The number of rotatable bonds is 6. The molecule has 4 aromatic carbocycles. The van der Waals surface area contributed by atoms with Crippen LogP contribution in [-0.4, -0.2) is 15.1 Å². The molecule has 0 aliphatic heterocycles. The second-order valence-electron chi connectivity index (χ2n) is 8.28. The van der Waals surface area contributed by atoms with Crippen LogP contribution in [0.2, 0.25) is 0 Å². The predicted octanol–water partition coefficient (Wildman–Crippen LogP) is 7.17. The highest BCUT2D eigenvalue weighted by Gasteiger charge is 2.38. The molecule has 0 atom stereocenters. The molecule has 0 aliphatic carbocycles. The van der Waals surface area contributed by atoms with Crippen molar-refractivity contribution in [2.45, 2.75) is 18.5 Å². The van der Waals surface area contributed by atoms with Crippen molar-refractivity contribution in [1.29, 1.82) is 0 Å². The number of halogens is 3. The lowest BCUT2D eigenvalue weighted by Gasteiger charge is -2.32. The molecular formula is C27H20F3NO5. The van der Waals surface area contributed by atoms with Gasteiger partial charge in [-0.05, 0) is 72.1 Å². The van der Waals surface area contributed by atoms with E-state index in [1.165, 1.54) is 0 Å². The number of benzene rings is 4. The van der Waals surface area contributed by atoms with Crippen molar-refractivity contribution in [3.63, 3.8) is 0 Å². The van der Waals surface area contributed by atoms with Crippen LogP contribution in [0.25, 0.3) is 0 Å². The van der Waals surface area contributed by atoms with E-state index in [1.807, 2.05) is 6.92 Å². The number of hydrogen-bond donors (Lipinski definition) is 2. The maximum Gasteiger partial charge on any atom is 0.423 e. The van der Waals surface area contributed by atoms with Crippen LogP contribution in [0.5, 0.6) is 23.0 Å². The lowest BCUT2D eigenvalue weighted by atomic mass is 9.71. The molecule has 0 heterocycles. The molecule has 2 N–H and O–H groups in total. The van der Waals surface area contributed by atoms with Gasteiger partial charge in [0.05, 0.1) is 4.92 Å². The largest absolute Gasteiger partial charge is 0.508 e. The minimum absolute atomic E-state index is 0.108. The average Bonchev–Trinajstić information content (AvgIpc) is 2.84. The molecule has 0 unspecified atom stereocenters. The number of nitro groups is 1. The molecule has 6 nitrogen and oxygen atoms in total. The number of phenolic OH excluding ortho intramolecular Hbond substituents is 2. The number of ether oxygens (including phenoxy) is 1. The van der Waals surface area contributed by atoms with Crippen LogP contribution in [-0.2, 0) is 11.6 Å². The molecule has 0 saturated carbocycles. The summed E-state index contributed by atoms with van der Waals surface area (Å²) in [6.07, 6.45) is -4.91. The molecule has 0 bridgehead atoms. The van der Waals surface area contributed by atoms with E-state index in [4.69, 9.17) is 4.74 Å². The van der Waals surface area contributed by atoms with Crippen molar-refractivity contribution in [2.75, 3.05) is 0 Å². The van der Waals surface area contributed by atoms with Gasteiger partial charge in [-0.25, -0.2) is 0 Å². The smallest absolute Gasteiger partial charge is 0.423 e. The van der Waals surface area contributed by atoms with Gasteiger partial charge < -0.3 is 14.9 Å². The second-order valence-corrected chi connectivity index (χ2v) is 8.28. The van der Waals surface area contributed by atoms with E-state index < -0.39 is 27.8 Å². The van der Waals surface area contributed by atoms with Gasteiger partial charge in [0.15, 0.2) is 0 Å². The van der Waals surface area contributed by atoms with Gasteiger partial charge in [0, 0.05) is 11.5 Å². The van der Waals surface area contributed by atoms with E-state index in [9.17, 15) is 33.5 Å². The third-order valence-electron chi connectivity index (χ3n) is 6.03. The Morgan fingerprint density at radius 3 is 1.56 bits per heavy atom. The summed E-state index contributed by atoms with van der Waals surface area (Å²) in [6.45, 7) is 1.97. The van der Waals surface area contributed by atoms with Crippen molar-refractivity contribution >= 4 is 5.69 Å². The molecule has 4 aromatic rings. The summed E-state index contributed by atoms with van der Waals surface area (Å²) < 4.78 is 45.4. The lowest BCUT2D eigenvalue weighted by Crippen LogP contribution is -2.25. The van der Waals surface area contributed by atoms with E-state index in [0.29, 0.717) is 6.07 Å². The zero-order valence-electron chi connectivity index (χ0n) is 18.9. The highest BCUT2D eigenvalue weighted by Crippen LogP contribution is 2.42. The van der Waals surface area contributed by atoms with E-state index >= 15 is 0 Å². The van der Waals surface area contributed by atoms with Crippen molar-refractivity contribution in [3.8, 4) is 23.0 Å². The van der Waals surface area contributed by atoms with Gasteiger partial charge in [-0.3, -0.25) is 10.1 Å². The molecule has 0 aromatic heterocycles. The monoisotopic (exact) mass is 495 g/mol. The first-order valence-electron chi connectivity index (χ1n) is 10.7. The number of nitrogens with zero attached hydrogens (tertiary/aromatic N) is 1. The van der Waals surface area contributed by atoms with Crippen molar-refractivity contribution in [2.24, 2.45) is 0 Å². The first kappa shape index (κ1) is 24.6. The van der Waals surface area contributed by atoms with Gasteiger partial charge >= 0.3 is 6.18 Å². The molecular weight excluding hydrogens is 475 g/mol. The van der Waals surface area contributed by atoms with Gasteiger partial charge in [0.25, 0.3) is 5.69 Å². The van der Waals surface area contributed by atoms with Gasteiger partial charge in [0.1, 0.15) is 28.6 Å². The maximum atomic E-state index is 13.3. The standard InChI is InChI=1S/C27H20F3NO5/c1-26(17-2-8-20(32)9-3-17,18-4-10-21(33)11-5-18)19-6-12-22(13-7-19)36-23-14-15-25(31(34)35)24(16-23)27(28,29)30/h2-16,32-33H,1H3. The fraction of sp³-hybridized carbons (Fsp3) is 0.111. The maximum absolute atomic E-state index is 13.3. The Bertz CT molecular complexity index is 1340. The molecule has 36 heavy (non-hydrogen) atoms. The highest BCUT2D eigenvalue weighted by atomic mass is 19.4. The summed E-state index contributed by atoms with van der Waals surface area (Å²) in [5, 5.41) is 30.5. The van der Waals surface area contributed by atoms with Gasteiger partial charge in [-0.2, -0.15) is 13.2 Å².